The van der Waals surface area contributed by atoms with Crippen LogP contribution in [0.4, 0.5) is 0 Å². The summed E-state index contributed by atoms with van der Waals surface area (Å²) in [5, 5.41) is 49.7. The quantitative estimate of drug-likeness (QED) is 0.189. The number of carbonyl (C=O) groups is 2. The number of hydrogen-bond donors (Lipinski definition) is 7. The third kappa shape index (κ3) is 7.29. The van der Waals surface area contributed by atoms with Crippen LogP contribution in [0.15, 0.2) is 24.3 Å². The predicted octanol–water partition coefficient (Wildman–Crippen LogP) is -0.385. The number of carbonyl (C=O) groups excluding carboxylic acids is 2. The summed E-state index contributed by atoms with van der Waals surface area (Å²) >= 11 is 0. The summed E-state index contributed by atoms with van der Waals surface area (Å²) < 4.78 is 11.3. The average molecular weight is 535 g/mol. The molecule has 210 valence electrons. The number of ether oxygens (including phenoxy) is 2. The number of aromatic amines is 1. The Kier molecular flexibility index (Phi) is 10.2. The molecule has 2 aromatic rings. The zero-order valence-electron chi connectivity index (χ0n) is 21.8. The van der Waals surface area contributed by atoms with Gasteiger partial charge in [-0.05, 0) is 36.8 Å². The maximum Gasteiger partial charge on any atom is 0.239 e. The minimum absolute atomic E-state index is 0.0901. The van der Waals surface area contributed by atoms with Crippen molar-refractivity contribution in [2.75, 3.05) is 6.61 Å². The summed E-state index contributed by atoms with van der Waals surface area (Å²) in [6, 6.07) is 7.20. The molecule has 12 nitrogen and oxygen atoms in total. The van der Waals surface area contributed by atoms with Crippen molar-refractivity contribution in [3.63, 3.8) is 0 Å². The van der Waals surface area contributed by atoms with Crippen LogP contribution in [-0.2, 0) is 27.2 Å². The number of nitrogens with one attached hydrogen (secondary N) is 2. The number of aryl methyl sites for hydroxylation is 1. The van der Waals surface area contributed by atoms with E-state index < -0.39 is 49.3 Å². The molecule has 1 saturated heterocycles. The van der Waals surface area contributed by atoms with Crippen molar-refractivity contribution in [1.29, 1.82) is 0 Å². The molecule has 3 rings (SSSR count). The van der Waals surface area contributed by atoms with Gasteiger partial charge < -0.3 is 41.0 Å². The molecule has 1 aromatic heterocycles. The number of nitrogens with zero attached hydrogens (tertiary/aromatic N) is 1. The Morgan fingerprint density at radius 3 is 2.37 bits per heavy atom. The highest BCUT2D eigenvalue weighted by Gasteiger charge is 2.45. The predicted molar refractivity (Wildman–Crippen MR) is 136 cm³/mol. The van der Waals surface area contributed by atoms with Gasteiger partial charge >= 0.3 is 0 Å². The number of aromatic nitrogens is 2. The van der Waals surface area contributed by atoms with Crippen molar-refractivity contribution >= 4 is 11.8 Å². The molecule has 12 heteroatoms. The van der Waals surface area contributed by atoms with E-state index in [4.69, 9.17) is 15.2 Å². The maximum atomic E-state index is 11.9. The lowest BCUT2D eigenvalue weighted by Gasteiger charge is -2.39. The Bertz CT molecular complexity index is 1070. The summed E-state index contributed by atoms with van der Waals surface area (Å²) in [5.74, 6) is -0.513. The minimum atomic E-state index is -1.55. The van der Waals surface area contributed by atoms with E-state index >= 15 is 0 Å². The Balaban J connectivity index is 1.65. The number of aliphatic hydroxyl groups excluding tert-OH is 4. The molecule has 0 spiro atoms. The van der Waals surface area contributed by atoms with Crippen molar-refractivity contribution in [3.8, 4) is 5.88 Å². The van der Waals surface area contributed by atoms with Crippen molar-refractivity contribution in [1.82, 2.24) is 15.5 Å². The number of primary amides is 1. The Morgan fingerprint density at radius 2 is 1.76 bits per heavy atom. The third-order valence-corrected chi connectivity index (χ3v) is 6.59. The van der Waals surface area contributed by atoms with Gasteiger partial charge in [-0.25, -0.2) is 0 Å². The van der Waals surface area contributed by atoms with Gasteiger partial charge in [0.25, 0.3) is 0 Å². The number of aliphatic hydroxyl groups is 4. The summed E-state index contributed by atoms with van der Waals surface area (Å²) in [7, 11) is 0. The van der Waals surface area contributed by atoms with Gasteiger partial charge in [0.1, 0.15) is 30.5 Å². The molecule has 8 N–H and O–H groups in total. The standard InChI is InChI=1S/C26H38N4O8/c1-13(2)20-17(25(30-29-20)38-26-23(35)22(34)21(33)18(12-31)37-26)11-16-9-7-15(8-10-16)5-4-6-19(32)28-14(3)24(27)36/h7-10,13-14,18,21-23,26,31,33-35H,4-6,11-12H2,1-3H3,(H2,27,36)(H,28,32)(H,29,30)/t14-,18+,21+,22-,23+,26-/m0/s1. The lowest BCUT2D eigenvalue weighted by Crippen LogP contribution is -2.60. The highest BCUT2D eigenvalue weighted by molar-refractivity contribution is 5.86. The van der Waals surface area contributed by atoms with Gasteiger partial charge in [0.2, 0.25) is 24.0 Å². The molecular weight excluding hydrogens is 496 g/mol. The summed E-state index contributed by atoms with van der Waals surface area (Å²) in [6.45, 7) is 4.99. The summed E-state index contributed by atoms with van der Waals surface area (Å²) in [6.07, 6.45) is -4.95. The first-order valence-corrected chi connectivity index (χ1v) is 12.7. The number of nitrogens with two attached hydrogens (primary N) is 1. The van der Waals surface area contributed by atoms with E-state index in [0.717, 1.165) is 22.4 Å². The van der Waals surface area contributed by atoms with Crippen molar-refractivity contribution in [2.45, 2.75) is 89.1 Å². The molecule has 2 amide bonds. The molecule has 6 atom stereocenters. The van der Waals surface area contributed by atoms with E-state index in [1.165, 1.54) is 0 Å². The maximum absolute atomic E-state index is 11.9. The van der Waals surface area contributed by atoms with Crippen molar-refractivity contribution in [2.24, 2.45) is 5.73 Å². The van der Waals surface area contributed by atoms with E-state index in [0.29, 0.717) is 19.3 Å². The van der Waals surface area contributed by atoms with Gasteiger partial charge in [0.15, 0.2) is 0 Å². The fourth-order valence-corrected chi connectivity index (χ4v) is 4.25. The van der Waals surface area contributed by atoms with Gasteiger partial charge in [-0.3, -0.25) is 14.7 Å². The van der Waals surface area contributed by atoms with Crippen LogP contribution in [0.2, 0.25) is 0 Å². The highest BCUT2D eigenvalue weighted by Crippen LogP contribution is 2.31. The smallest absolute Gasteiger partial charge is 0.239 e. The van der Waals surface area contributed by atoms with Crippen LogP contribution < -0.4 is 15.8 Å². The Labute approximate surface area is 221 Å². The van der Waals surface area contributed by atoms with Crippen molar-refractivity contribution in [3.05, 3.63) is 46.6 Å². The Hall–Kier alpha value is -3.03. The Morgan fingerprint density at radius 1 is 1.11 bits per heavy atom. The summed E-state index contributed by atoms with van der Waals surface area (Å²) in [4.78, 5) is 23.0. The van der Waals surface area contributed by atoms with Gasteiger partial charge in [0, 0.05) is 24.1 Å². The van der Waals surface area contributed by atoms with E-state index in [9.17, 15) is 30.0 Å². The van der Waals surface area contributed by atoms with Crippen LogP contribution in [0.3, 0.4) is 0 Å². The first-order chi connectivity index (χ1) is 18.0. The molecule has 2 heterocycles. The lowest BCUT2D eigenvalue weighted by atomic mass is 9.97. The molecule has 0 unspecified atom stereocenters. The van der Waals surface area contributed by atoms with Crippen LogP contribution in [0, 0.1) is 0 Å². The minimum Gasteiger partial charge on any atom is -0.443 e. The topological polar surface area (TPSA) is 200 Å². The third-order valence-electron chi connectivity index (χ3n) is 6.59. The first kappa shape index (κ1) is 29.5. The molecule has 0 radical (unpaired) electrons. The van der Waals surface area contributed by atoms with Gasteiger partial charge in [0.05, 0.1) is 6.61 Å². The zero-order chi connectivity index (χ0) is 28.0. The molecule has 0 saturated carbocycles. The number of hydrogen-bond acceptors (Lipinski definition) is 9. The summed E-state index contributed by atoms with van der Waals surface area (Å²) in [5.41, 5.74) is 8.79. The van der Waals surface area contributed by atoms with Crippen LogP contribution in [0.5, 0.6) is 5.88 Å². The fraction of sp³-hybridized carbons (Fsp3) is 0.577. The van der Waals surface area contributed by atoms with Gasteiger partial charge in [-0.2, -0.15) is 0 Å². The number of benzene rings is 1. The number of rotatable bonds is 12. The van der Waals surface area contributed by atoms with Gasteiger partial charge in [-0.15, -0.1) is 5.10 Å². The van der Waals surface area contributed by atoms with Gasteiger partial charge in [-0.1, -0.05) is 38.1 Å². The van der Waals surface area contributed by atoms with Crippen LogP contribution in [-0.4, -0.2) is 85.8 Å². The van der Waals surface area contributed by atoms with E-state index in [1.54, 1.807) is 6.92 Å². The molecular formula is C26H38N4O8. The highest BCUT2D eigenvalue weighted by atomic mass is 16.7. The second-order valence-corrected chi connectivity index (χ2v) is 9.93. The average Bonchev–Trinajstić information content (AvgIpc) is 3.27. The normalized spacial score (nSPS) is 24.3. The largest absolute Gasteiger partial charge is 0.443 e. The lowest BCUT2D eigenvalue weighted by molar-refractivity contribution is -0.278. The first-order valence-electron chi connectivity index (χ1n) is 12.7. The second kappa shape index (κ2) is 13.2. The van der Waals surface area contributed by atoms with E-state index in [2.05, 4.69) is 15.5 Å². The van der Waals surface area contributed by atoms with E-state index in [-0.39, 0.29) is 24.1 Å². The van der Waals surface area contributed by atoms with Crippen LogP contribution >= 0.6 is 0 Å². The SMILES string of the molecule is CC(C)c1[nH]nc(O[C@@H]2O[C@H](CO)[C@@H](O)[C@H](O)[C@H]2O)c1Cc1ccc(CCCC(=O)N[C@@H](C)C(N)=O)cc1. The molecule has 1 aliphatic heterocycles. The van der Waals surface area contributed by atoms with Crippen LogP contribution in [0.25, 0.3) is 0 Å². The molecule has 38 heavy (non-hydrogen) atoms. The molecule has 1 aromatic carbocycles. The van der Waals surface area contributed by atoms with Crippen molar-refractivity contribution < 1.29 is 39.5 Å². The second-order valence-electron chi connectivity index (χ2n) is 9.93. The number of H-pyrrole nitrogens is 1. The monoisotopic (exact) mass is 534 g/mol. The fourth-order valence-electron chi connectivity index (χ4n) is 4.25. The van der Waals surface area contributed by atoms with E-state index in [1.807, 2.05) is 38.1 Å². The zero-order valence-corrected chi connectivity index (χ0v) is 21.8. The molecule has 1 fully saturated rings. The molecule has 0 bridgehead atoms. The molecule has 0 aliphatic carbocycles. The molecule has 1 aliphatic rings. The van der Waals surface area contributed by atoms with Crippen LogP contribution in [0.1, 0.15) is 61.9 Å². The number of amides is 2.